The van der Waals surface area contributed by atoms with Crippen LogP contribution in [0.15, 0.2) is 29.2 Å². The first-order chi connectivity index (χ1) is 12.4. The van der Waals surface area contributed by atoms with Crippen LogP contribution in [0.1, 0.15) is 48.5 Å². The highest BCUT2D eigenvalue weighted by Crippen LogP contribution is 2.12. The minimum absolute atomic E-state index is 0.00450. The van der Waals surface area contributed by atoms with E-state index in [9.17, 15) is 9.59 Å². The number of primary amides is 1. The van der Waals surface area contributed by atoms with Gasteiger partial charge in [0.1, 0.15) is 16.8 Å². The summed E-state index contributed by atoms with van der Waals surface area (Å²) < 4.78 is 3.10. The number of carbonyl (C=O) groups excluding carboxylic acids is 1. The van der Waals surface area contributed by atoms with Gasteiger partial charge in [-0.05, 0) is 31.0 Å². The van der Waals surface area contributed by atoms with Crippen LogP contribution in [0.4, 0.5) is 0 Å². The summed E-state index contributed by atoms with van der Waals surface area (Å²) in [6.07, 6.45) is 5.77. The third kappa shape index (κ3) is 3.12. The molecule has 7 nitrogen and oxygen atoms in total. The van der Waals surface area contributed by atoms with Gasteiger partial charge in [0.05, 0.1) is 10.9 Å². The highest BCUT2D eigenvalue weighted by molar-refractivity contribution is 5.95. The SMILES string of the molecule is CCCCCCn1c(=N)c(C(N)=O)cc2c(=O)n3cc(C)ccc3nc21. The van der Waals surface area contributed by atoms with E-state index in [-0.39, 0.29) is 16.6 Å². The smallest absolute Gasteiger partial charge is 0.267 e. The molecule has 3 aromatic heterocycles. The Bertz CT molecular complexity index is 1110. The zero-order valence-electron chi connectivity index (χ0n) is 15.1. The van der Waals surface area contributed by atoms with Crippen molar-refractivity contribution in [1.82, 2.24) is 14.0 Å². The lowest BCUT2D eigenvalue weighted by molar-refractivity contribution is 0.0998. The van der Waals surface area contributed by atoms with Crippen molar-refractivity contribution in [1.29, 1.82) is 5.41 Å². The zero-order chi connectivity index (χ0) is 18.8. The normalized spacial score (nSPS) is 11.3. The summed E-state index contributed by atoms with van der Waals surface area (Å²) >= 11 is 0. The van der Waals surface area contributed by atoms with Crippen LogP contribution in [-0.2, 0) is 6.54 Å². The van der Waals surface area contributed by atoms with Gasteiger partial charge < -0.3 is 10.3 Å². The van der Waals surface area contributed by atoms with Gasteiger partial charge in [0.2, 0.25) is 0 Å². The van der Waals surface area contributed by atoms with Crippen LogP contribution >= 0.6 is 0 Å². The average Bonchev–Trinajstić information content (AvgIpc) is 2.60. The number of pyridine rings is 2. The number of unbranched alkanes of at least 4 members (excludes halogenated alkanes) is 3. The first-order valence-electron chi connectivity index (χ1n) is 8.85. The summed E-state index contributed by atoms with van der Waals surface area (Å²) in [6, 6.07) is 5.06. The molecule has 0 unspecified atom stereocenters. The molecule has 0 bridgehead atoms. The van der Waals surface area contributed by atoms with Crippen molar-refractivity contribution in [3.05, 3.63) is 51.4 Å². The van der Waals surface area contributed by atoms with Crippen LogP contribution in [0.3, 0.4) is 0 Å². The summed E-state index contributed by atoms with van der Waals surface area (Å²) in [4.78, 5) is 29.3. The minimum atomic E-state index is -0.715. The van der Waals surface area contributed by atoms with Gasteiger partial charge in [-0.15, -0.1) is 0 Å². The van der Waals surface area contributed by atoms with E-state index in [2.05, 4.69) is 11.9 Å². The Hall–Kier alpha value is -2.96. The molecule has 136 valence electrons. The van der Waals surface area contributed by atoms with Gasteiger partial charge in [-0.3, -0.25) is 19.4 Å². The third-order valence-corrected chi connectivity index (χ3v) is 4.56. The van der Waals surface area contributed by atoms with Gasteiger partial charge in [0.15, 0.2) is 0 Å². The molecule has 3 aromatic rings. The third-order valence-electron chi connectivity index (χ3n) is 4.56. The molecule has 1 amide bonds. The van der Waals surface area contributed by atoms with Gasteiger partial charge >= 0.3 is 0 Å². The van der Waals surface area contributed by atoms with Crippen LogP contribution in [0.25, 0.3) is 16.7 Å². The van der Waals surface area contributed by atoms with E-state index in [4.69, 9.17) is 11.1 Å². The van der Waals surface area contributed by atoms with Crippen molar-refractivity contribution in [2.45, 2.75) is 46.1 Å². The second kappa shape index (κ2) is 7.11. The summed E-state index contributed by atoms with van der Waals surface area (Å²) in [6.45, 7) is 4.54. The number of amides is 1. The lowest BCUT2D eigenvalue weighted by Crippen LogP contribution is -2.32. The summed E-state index contributed by atoms with van der Waals surface area (Å²) in [7, 11) is 0. The Morgan fingerprint density at radius 3 is 2.73 bits per heavy atom. The minimum Gasteiger partial charge on any atom is -0.365 e. The van der Waals surface area contributed by atoms with Crippen molar-refractivity contribution in [3.63, 3.8) is 0 Å². The van der Waals surface area contributed by atoms with Crippen LogP contribution in [-0.4, -0.2) is 19.9 Å². The van der Waals surface area contributed by atoms with Crippen LogP contribution in [0, 0.1) is 12.3 Å². The fourth-order valence-corrected chi connectivity index (χ4v) is 3.15. The molecule has 0 radical (unpaired) electrons. The number of carbonyl (C=O) groups is 1. The molecule has 3 rings (SSSR count). The standard InChI is InChI=1S/C19H23N5O2/c1-3-4-5-6-9-23-16(20)13(17(21)25)10-14-18(23)22-15-8-7-12(2)11-24(15)19(14)26/h7-8,10-11,20H,3-6,9H2,1-2H3,(H2,21,25). The maximum atomic E-state index is 13.0. The van der Waals surface area contributed by atoms with Gasteiger partial charge in [-0.25, -0.2) is 4.98 Å². The maximum Gasteiger partial charge on any atom is 0.267 e. The first kappa shape index (κ1) is 17.8. The van der Waals surface area contributed by atoms with E-state index in [0.29, 0.717) is 23.2 Å². The molecule has 0 atom stereocenters. The molecule has 0 aliphatic carbocycles. The topological polar surface area (TPSA) is 106 Å². The molecule has 26 heavy (non-hydrogen) atoms. The number of nitrogens with zero attached hydrogens (tertiary/aromatic N) is 3. The molecular weight excluding hydrogens is 330 g/mol. The number of hydrogen-bond acceptors (Lipinski definition) is 4. The highest BCUT2D eigenvalue weighted by atomic mass is 16.1. The Labute approximate surface area is 150 Å². The Kier molecular flexibility index (Phi) is 4.88. The molecule has 0 aliphatic heterocycles. The predicted octanol–water partition coefficient (Wildman–Crippen LogP) is 2.12. The predicted molar refractivity (Wildman–Crippen MR) is 100 cm³/mol. The zero-order valence-corrected chi connectivity index (χ0v) is 15.1. The summed E-state index contributed by atoms with van der Waals surface area (Å²) in [5, 5.41) is 8.66. The fourth-order valence-electron chi connectivity index (χ4n) is 3.15. The number of nitrogens with one attached hydrogen (secondary N) is 1. The Morgan fingerprint density at radius 1 is 1.27 bits per heavy atom. The molecule has 0 saturated carbocycles. The first-order valence-corrected chi connectivity index (χ1v) is 8.85. The quantitative estimate of drug-likeness (QED) is 0.523. The van der Waals surface area contributed by atoms with Crippen LogP contribution in [0.2, 0.25) is 0 Å². The maximum absolute atomic E-state index is 13.0. The van der Waals surface area contributed by atoms with Crippen LogP contribution < -0.4 is 16.8 Å². The number of aryl methyl sites for hydroxylation is 2. The molecule has 0 fully saturated rings. The monoisotopic (exact) mass is 353 g/mol. The number of fused-ring (bicyclic) bond motifs is 2. The number of rotatable bonds is 6. The summed E-state index contributed by atoms with van der Waals surface area (Å²) in [5.41, 5.74) is 7.08. The highest BCUT2D eigenvalue weighted by Gasteiger charge is 2.15. The molecule has 7 heteroatoms. The lowest BCUT2D eigenvalue weighted by atomic mass is 10.1. The lowest BCUT2D eigenvalue weighted by Gasteiger charge is -2.14. The van der Waals surface area contributed by atoms with Crippen molar-refractivity contribution in [3.8, 4) is 0 Å². The van der Waals surface area contributed by atoms with Gasteiger partial charge in [0.25, 0.3) is 11.5 Å². The Balaban J connectivity index is 2.31. The molecule has 0 spiro atoms. The van der Waals surface area contributed by atoms with E-state index in [1.54, 1.807) is 16.8 Å². The van der Waals surface area contributed by atoms with Crippen molar-refractivity contribution >= 4 is 22.6 Å². The van der Waals surface area contributed by atoms with E-state index in [0.717, 1.165) is 31.2 Å². The second-order valence-electron chi connectivity index (χ2n) is 6.57. The largest absolute Gasteiger partial charge is 0.365 e. The summed E-state index contributed by atoms with van der Waals surface area (Å²) in [5.74, 6) is -0.715. The average molecular weight is 353 g/mol. The van der Waals surface area contributed by atoms with Crippen LogP contribution in [0.5, 0.6) is 0 Å². The van der Waals surface area contributed by atoms with E-state index in [1.807, 2.05) is 13.0 Å². The van der Waals surface area contributed by atoms with E-state index < -0.39 is 5.91 Å². The van der Waals surface area contributed by atoms with Gasteiger partial charge in [-0.1, -0.05) is 32.3 Å². The molecule has 0 aromatic carbocycles. The van der Waals surface area contributed by atoms with Gasteiger partial charge in [0, 0.05) is 12.7 Å². The number of nitrogens with two attached hydrogens (primary N) is 1. The van der Waals surface area contributed by atoms with E-state index in [1.165, 1.54) is 10.5 Å². The number of hydrogen-bond donors (Lipinski definition) is 2. The fraction of sp³-hybridized carbons (Fsp3) is 0.368. The Morgan fingerprint density at radius 2 is 2.04 bits per heavy atom. The van der Waals surface area contributed by atoms with Crippen molar-refractivity contribution < 1.29 is 4.79 Å². The second-order valence-corrected chi connectivity index (χ2v) is 6.57. The molecule has 0 aliphatic rings. The van der Waals surface area contributed by atoms with Crippen molar-refractivity contribution in [2.75, 3.05) is 0 Å². The van der Waals surface area contributed by atoms with Gasteiger partial charge in [-0.2, -0.15) is 0 Å². The molecule has 3 N–H and O–H groups in total. The molecule has 3 heterocycles. The van der Waals surface area contributed by atoms with Crippen molar-refractivity contribution in [2.24, 2.45) is 5.73 Å². The molecular formula is C19H23N5O2. The molecule has 0 saturated heterocycles. The van der Waals surface area contributed by atoms with E-state index >= 15 is 0 Å². The number of aromatic nitrogens is 3.